The Bertz CT molecular complexity index is 901. The van der Waals surface area contributed by atoms with Crippen molar-refractivity contribution in [2.75, 3.05) is 54.9 Å². The molecule has 4 heterocycles. The van der Waals surface area contributed by atoms with Gasteiger partial charge in [0.25, 0.3) is 5.92 Å². The molecule has 31 heavy (non-hydrogen) atoms. The fourth-order valence-corrected chi connectivity index (χ4v) is 3.54. The topological polar surface area (TPSA) is 89.6 Å². The Morgan fingerprint density at radius 3 is 2.68 bits per heavy atom. The molecule has 2 fully saturated rings. The van der Waals surface area contributed by atoms with Gasteiger partial charge in [-0.2, -0.15) is 13.8 Å². The summed E-state index contributed by atoms with van der Waals surface area (Å²) < 4.78 is 62.9. The first-order valence-corrected chi connectivity index (χ1v) is 9.86. The number of anilines is 3. The maximum Gasteiger partial charge on any atom is 0.387 e. The van der Waals surface area contributed by atoms with Crippen molar-refractivity contribution in [1.29, 1.82) is 0 Å². The quantitative estimate of drug-likeness (QED) is 0.708. The lowest BCUT2D eigenvalue weighted by Crippen LogP contribution is -2.30. The molecule has 0 aromatic carbocycles. The van der Waals surface area contributed by atoms with E-state index in [1.807, 2.05) is 4.90 Å². The van der Waals surface area contributed by atoms with E-state index in [0.717, 1.165) is 6.42 Å². The number of hydrogen-bond acceptors (Lipinski definition) is 8. The molecule has 2 aromatic rings. The summed E-state index contributed by atoms with van der Waals surface area (Å²) in [4.78, 5) is 16.2. The SMILES string of the molecule is Nc1ncc(-c2cc(N3CCCOCC3)nc(N3CCC(F)(F)C3)n2)cc1OC(F)F. The van der Waals surface area contributed by atoms with Crippen LogP contribution in [0.1, 0.15) is 12.8 Å². The van der Waals surface area contributed by atoms with E-state index in [9.17, 15) is 17.6 Å². The van der Waals surface area contributed by atoms with Crippen molar-refractivity contribution in [3.05, 3.63) is 18.3 Å². The van der Waals surface area contributed by atoms with Crippen LogP contribution >= 0.6 is 0 Å². The predicted octanol–water partition coefficient (Wildman–Crippen LogP) is 2.79. The maximum atomic E-state index is 13.8. The molecule has 2 aromatic heterocycles. The molecule has 0 amide bonds. The molecule has 2 saturated heterocycles. The van der Waals surface area contributed by atoms with Crippen LogP contribution in [0, 0.1) is 0 Å². The molecule has 0 bridgehead atoms. The first kappa shape index (κ1) is 21.3. The van der Waals surface area contributed by atoms with Gasteiger partial charge in [-0.15, -0.1) is 0 Å². The van der Waals surface area contributed by atoms with Crippen molar-refractivity contribution in [2.45, 2.75) is 25.4 Å². The molecule has 0 spiro atoms. The summed E-state index contributed by atoms with van der Waals surface area (Å²) in [6, 6.07) is 2.97. The summed E-state index contributed by atoms with van der Waals surface area (Å²) >= 11 is 0. The normalized spacial score (nSPS) is 19.0. The van der Waals surface area contributed by atoms with Gasteiger partial charge in [0, 0.05) is 50.5 Å². The van der Waals surface area contributed by atoms with Gasteiger partial charge < -0.3 is 25.0 Å². The predicted molar refractivity (Wildman–Crippen MR) is 106 cm³/mol. The zero-order valence-electron chi connectivity index (χ0n) is 16.6. The van der Waals surface area contributed by atoms with Gasteiger partial charge >= 0.3 is 6.61 Å². The molecule has 168 valence electrons. The van der Waals surface area contributed by atoms with E-state index in [-0.39, 0.29) is 30.5 Å². The Labute approximate surface area is 176 Å². The fourth-order valence-electron chi connectivity index (χ4n) is 3.54. The Balaban J connectivity index is 1.74. The van der Waals surface area contributed by atoms with Gasteiger partial charge in [-0.3, -0.25) is 0 Å². The van der Waals surface area contributed by atoms with Crippen LogP contribution < -0.4 is 20.3 Å². The summed E-state index contributed by atoms with van der Waals surface area (Å²) in [7, 11) is 0. The molecular formula is C19H22F4N6O2. The lowest BCUT2D eigenvalue weighted by molar-refractivity contribution is -0.0494. The third-order valence-electron chi connectivity index (χ3n) is 5.09. The molecule has 8 nitrogen and oxygen atoms in total. The van der Waals surface area contributed by atoms with E-state index in [4.69, 9.17) is 10.5 Å². The average Bonchev–Trinajstić information content (AvgIpc) is 2.92. The summed E-state index contributed by atoms with van der Waals surface area (Å²) in [5.74, 6) is -2.62. The zero-order chi connectivity index (χ0) is 22.0. The monoisotopic (exact) mass is 442 g/mol. The van der Waals surface area contributed by atoms with Gasteiger partial charge in [-0.1, -0.05) is 0 Å². The minimum absolute atomic E-state index is 0.110. The Kier molecular flexibility index (Phi) is 5.99. The van der Waals surface area contributed by atoms with Crippen LogP contribution in [0.2, 0.25) is 0 Å². The second-order valence-corrected chi connectivity index (χ2v) is 7.38. The number of nitrogens with zero attached hydrogens (tertiary/aromatic N) is 5. The largest absolute Gasteiger partial charge is 0.431 e. The molecule has 0 atom stereocenters. The minimum Gasteiger partial charge on any atom is -0.431 e. The van der Waals surface area contributed by atoms with Crippen molar-refractivity contribution in [3.63, 3.8) is 0 Å². The van der Waals surface area contributed by atoms with Crippen LogP contribution in [0.25, 0.3) is 11.3 Å². The number of aromatic nitrogens is 3. The van der Waals surface area contributed by atoms with E-state index in [0.29, 0.717) is 43.4 Å². The number of rotatable bonds is 5. The fraction of sp³-hybridized carbons (Fsp3) is 0.526. The number of hydrogen-bond donors (Lipinski definition) is 1. The average molecular weight is 442 g/mol. The van der Waals surface area contributed by atoms with Gasteiger partial charge in [0.15, 0.2) is 11.6 Å². The van der Waals surface area contributed by atoms with E-state index in [1.54, 1.807) is 6.07 Å². The van der Waals surface area contributed by atoms with Crippen molar-refractivity contribution in [2.24, 2.45) is 0 Å². The molecule has 0 unspecified atom stereocenters. The highest BCUT2D eigenvalue weighted by Crippen LogP contribution is 2.33. The number of nitrogen functional groups attached to an aromatic ring is 1. The molecule has 12 heteroatoms. The maximum absolute atomic E-state index is 13.8. The van der Waals surface area contributed by atoms with Crippen LogP contribution in [0.4, 0.5) is 35.1 Å². The van der Waals surface area contributed by atoms with Crippen molar-refractivity contribution >= 4 is 17.6 Å². The minimum atomic E-state index is -3.07. The molecular weight excluding hydrogens is 420 g/mol. The highest BCUT2D eigenvalue weighted by atomic mass is 19.3. The highest BCUT2D eigenvalue weighted by molar-refractivity contribution is 5.68. The van der Waals surface area contributed by atoms with Crippen LogP contribution in [-0.4, -0.2) is 66.9 Å². The van der Waals surface area contributed by atoms with Crippen molar-refractivity contribution in [1.82, 2.24) is 15.0 Å². The Morgan fingerprint density at radius 2 is 1.94 bits per heavy atom. The number of nitrogens with two attached hydrogens (primary N) is 1. The molecule has 2 aliphatic rings. The Morgan fingerprint density at radius 1 is 1.10 bits per heavy atom. The van der Waals surface area contributed by atoms with E-state index in [1.165, 1.54) is 17.2 Å². The molecule has 2 aliphatic heterocycles. The molecule has 0 radical (unpaired) electrons. The standard InChI is InChI=1S/C19H22F4N6O2/c20-17(21)31-14-8-12(10-25-16(14)24)13-9-15(28-3-1-6-30-7-5-28)27-18(26-13)29-4-2-19(22,23)11-29/h8-10,17H,1-7,11H2,(H2,24,25). The third kappa shape index (κ3) is 5.06. The van der Waals surface area contributed by atoms with Gasteiger partial charge in [-0.05, 0) is 12.5 Å². The number of pyridine rings is 1. The smallest absolute Gasteiger partial charge is 0.387 e. The Hall–Kier alpha value is -2.89. The molecule has 0 saturated carbocycles. The van der Waals surface area contributed by atoms with E-state index >= 15 is 0 Å². The van der Waals surface area contributed by atoms with Gasteiger partial charge in [-0.25, -0.2) is 18.7 Å². The van der Waals surface area contributed by atoms with Crippen LogP contribution in [0.5, 0.6) is 5.75 Å². The number of ether oxygens (including phenoxy) is 2. The lowest BCUT2D eigenvalue weighted by atomic mass is 10.2. The highest BCUT2D eigenvalue weighted by Gasteiger charge is 2.39. The molecule has 2 N–H and O–H groups in total. The zero-order valence-corrected chi connectivity index (χ0v) is 16.6. The van der Waals surface area contributed by atoms with Gasteiger partial charge in [0.1, 0.15) is 5.82 Å². The lowest BCUT2D eigenvalue weighted by Gasteiger charge is -2.24. The van der Waals surface area contributed by atoms with Crippen LogP contribution in [-0.2, 0) is 4.74 Å². The first-order chi connectivity index (χ1) is 14.8. The third-order valence-corrected chi connectivity index (χ3v) is 5.09. The van der Waals surface area contributed by atoms with Gasteiger partial charge in [0.05, 0.1) is 18.8 Å². The second-order valence-electron chi connectivity index (χ2n) is 7.38. The summed E-state index contributed by atoms with van der Waals surface area (Å²) in [6.07, 6.45) is 1.86. The van der Waals surface area contributed by atoms with E-state index in [2.05, 4.69) is 19.7 Å². The summed E-state index contributed by atoms with van der Waals surface area (Å²) in [6.45, 7) is -1.07. The number of alkyl halides is 4. The van der Waals surface area contributed by atoms with E-state index < -0.39 is 19.1 Å². The summed E-state index contributed by atoms with van der Waals surface area (Å²) in [5, 5.41) is 0. The number of halogens is 4. The van der Waals surface area contributed by atoms with Crippen LogP contribution in [0.15, 0.2) is 18.3 Å². The van der Waals surface area contributed by atoms with Gasteiger partial charge in [0.2, 0.25) is 5.95 Å². The first-order valence-electron chi connectivity index (χ1n) is 9.86. The molecule has 4 rings (SSSR count). The summed E-state index contributed by atoms with van der Waals surface area (Å²) in [5.41, 5.74) is 6.32. The van der Waals surface area contributed by atoms with Crippen LogP contribution in [0.3, 0.4) is 0 Å². The second kappa shape index (κ2) is 8.69. The van der Waals surface area contributed by atoms with Crippen molar-refractivity contribution < 1.29 is 27.0 Å². The van der Waals surface area contributed by atoms with Crippen molar-refractivity contribution in [3.8, 4) is 17.0 Å². The molecule has 0 aliphatic carbocycles.